The molecule has 0 spiro atoms. The van der Waals surface area contributed by atoms with Crippen LogP contribution < -0.4 is 5.32 Å². The highest BCUT2D eigenvalue weighted by molar-refractivity contribution is 9.10. The summed E-state index contributed by atoms with van der Waals surface area (Å²) in [5.74, 6) is 0.888. The third-order valence-corrected chi connectivity index (χ3v) is 6.02. The molecule has 0 bridgehead atoms. The van der Waals surface area contributed by atoms with E-state index in [9.17, 15) is 4.79 Å². The van der Waals surface area contributed by atoms with E-state index in [4.69, 9.17) is 0 Å². The molecule has 1 atom stereocenters. The highest BCUT2D eigenvalue weighted by atomic mass is 79.9. The molecule has 22 heavy (non-hydrogen) atoms. The molecule has 1 fully saturated rings. The van der Waals surface area contributed by atoms with Crippen LogP contribution in [0.3, 0.4) is 0 Å². The maximum absolute atomic E-state index is 12.2. The van der Waals surface area contributed by atoms with Crippen molar-refractivity contribution >= 4 is 27.4 Å². The van der Waals surface area contributed by atoms with Crippen LogP contribution in [0.25, 0.3) is 0 Å². The van der Waals surface area contributed by atoms with Crippen molar-refractivity contribution in [1.29, 1.82) is 0 Å². The average Bonchev–Trinajstić information content (AvgIpc) is 2.49. The number of allylic oxidation sites excluding steroid dienone is 1. The van der Waals surface area contributed by atoms with E-state index in [1.165, 1.54) is 5.56 Å². The first kappa shape index (κ1) is 17.3. The van der Waals surface area contributed by atoms with Crippen LogP contribution in [0.5, 0.6) is 0 Å². The van der Waals surface area contributed by atoms with Crippen molar-refractivity contribution in [2.45, 2.75) is 53.4 Å². The van der Waals surface area contributed by atoms with Gasteiger partial charge in [-0.1, -0.05) is 43.1 Å². The number of aryl methyl sites for hydroxylation is 1. The number of carbonyl (C=O) groups excluding carboxylic acids is 1. The van der Waals surface area contributed by atoms with Gasteiger partial charge in [-0.3, -0.25) is 4.79 Å². The SMILES string of the molecule is CCC(C)(C)[C@H]1CCC(=O)/C(=C/Nc2ccc(Br)c(C)c2)C1. The number of Topliss-reactive ketones (excluding diaryl/α,β-unsaturated/α-hetero) is 1. The third kappa shape index (κ3) is 4.01. The van der Waals surface area contributed by atoms with Gasteiger partial charge in [0.1, 0.15) is 0 Å². The quantitative estimate of drug-likeness (QED) is 0.678. The maximum Gasteiger partial charge on any atom is 0.160 e. The molecule has 0 radical (unpaired) electrons. The van der Waals surface area contributed by atoms with Gasteiger partial charge < -0.3 is 5.32 Å². The van der Waals surface area contributed by atoms with Gasteiger partial charge in [0.15, 0.2) is 5.78 Å². The van der Waals surface area contributed by atoms with Crippen LogP contribution in [0, 0.1) is 18.3 Å². The van der Waals surface area contributed by atoms with Gasteiger partial charge in [0.2, 0.25) is 0 Å². The zero-order chi connectivity index (χ0) is 16.3. The second-order valence-corrected chi connectivity index (χ2v) is 7.84. The highest BCUT2D eigenvalue weighted by Crippen LogP contribution is 2.41. The van der Waals surface area contributed by atoms with E-state index >= 15 is 0 Å². The molecule has 2 rings (SSSR count). The number of ketones is 1. The molecule has 3 heteroatoms. The topological polar surface area (TPSA) is 29.1 Å². The van der Waals surface area contributed by atoms with Gasteiger partial charge in [-0.25, -0.2) is 0 Å². The lowest BCUT2D eigenvalue weighted by molar-refractivity contribution is -0.117. The Morgan fingerprint density at radius 3 is 2.77 bits per heavy atom. The van der Waals surface area contributed by atoms with Crippen LogP contribution in [0.2, 0.25) is 0 Å². The van der Waals surface area contributed by atoms with Crippen LogP contribution in [-0.2, 0) is 4.79 Å². The van der Waals surface area contributed by atoms with Crippen molar-refractivity contribution in [1.82, 2.24) is 0 Å². The van der Waals surface area contributed by atoms with Crippen molar-refractivity contribution < 1.29 is 4.79 Å². The van der Waals surface area contributed by atoms with E-state index in [1.54, 1.807) is 0 Å². The summed E-state index contributed by atoms with van der Waals surface area (Å²) in [4.78, 5) is 12.2. The van der Waals surface area contributed by atoms with Gasteiger partial charge in [0.25, 0.3) is 0 Å². The lowest BCUT2D eigenvalue weighted by Gasteiger charge is -2.36. The van der Waals surface area contributed by atoms with E-state index in [2.05, 4.69) is 55.0 Å². The Bertz CT molecular complexity index is 589. The first-order chi connectivity index (χ1) is 10.3. The molecule has 1 aliphatic rings. The molecule has 1 N–H and O–H groups in total. The zero-order valence-electron chi connectivity index (χ0n) is 14.0. The molecule has 0 amide bonds. The lowest BCUT2D eigenvalue weighted by atomic mass is 9.68. The van der Waals surface area contributed by atoms with Gasteiger partial charge in [0.05, 0.1) is 0 Å². The van der Waals surface area contributed by atoms with Crippen LogP contribution in [0.1, 0.15) is 52.0 Å². The summed E-state index contributed by atoms with van der Waals surface area (Å²) in [6.07, 6.45) is 5.67. The average molecular weight is 364 g/mol. The van der Waals surface area contributed by atoms with Crippen LogP contribution >= 0.6 is 15.9 Å². The third-order valence-electron chi connectivity index (χ3n) is 5.13. The van der Waals surface area contributed by atoms with E-state index in [1.807, 2.05) is 18.3 Å². The van der Waals surface area contributed by atoms with Crippen LogP contribution in [-0.4, -0.2) is 5.78 Å². The molecule has 1 aliphatic carbocycles. The minimum atomic E-state index is 0.296. The largest absolute Gasteiger partial charge is 0.361 e. The molecule has 120 valence electrons. The summed E-state index contributed by atoms with van der Waals surface area (Å²) in [5.41, 5.74) is 3.45. The van der Waals surface area contributed by atoms with Gasteiger partial charge in [-0.05, 0) is 54.9 Å². The number of nitrogens with one attached hydrogen (secondary N) is 1. The van der Waals surface area contributed by atoms with E-state index in [0.29, 0.717) is 23.5 Å². The fraction of sp³-hybridized carbons (Fsp3) is 0.526. The molecule has 0 aromatic heterocycles. The van der Waals surface area contributed by atoms with Crippen molar-refractivity contribution in [3.8, 4) is 0 Å². The minimum absolute atomic E-state index is 0.296. The second kappa shape index (κ2) is 6.99. The van der Waals surface area contributed by atoms with Gasteiger partial charge in [-0.2, -0.15) is 0 Å². The summed E-state index contributed by atoms with van der Waals surface area (Å²) in [7, 11) is 0. The van der Waals surface area contributed by atoms with Gasteiger partial charge >= 0.3 is 0 Å². The Kier molecular flexibility index (Phi) is 5.49. The molecule has 0 aliphatic heterocycles. The second-order valence-electron chi connectivity index (χ2n) is 6.98. The van der Waals surface area contributed by atoms with Crippen molar-refractivity contribution in [3.63, 3.8) is 0 Å². The van der Waals surface area contributed by atoms with Crippen molar-refractivity contribution in [2.24, 2.45) is 11.3 Å². The highest BCUT2D eigenvalue weighted by Gasteiger charge is 2.33. The van der Waals surface area contributed by atoms with E-state index < -0.39 is 0 Å². The predicted octanol–water partition coefficient (Wildman–Crippen LogP) is 5.86. The van der Waals surface area contributed by atoms with Crippen molar-refractivity contribution in [2.75, 3.05) is 5.32 Å². The molecule has 1 aromatic rings. The number of anilines is 1. The number of hydrogen-bond acceptors (Lipinski definition) is 2. The number of halogens is 1. The van der Waals surface area contributed by atoms with Crippen LogP contribution in [0.4, 0.5) is 5.69 Å². The monoisotopic (exact) mass is 363 g/mol. The summed E-state index contributed by atoms with van der Waals surface area (Å²) in [5, 5.41) is 3.30. The van der Waals surface area contributed by atoms with E-state index in [0.717, 1.165) is 35.0 Å². The van der Waals surface area contributed by atoms with Gasteiger partial charge in [0, 0.05) is 28.4 Å². The molecule has 1 saturated carbocycles. The summed E-state index contributed by atoms with van der Waals surface area (Å²) in [6.45, 7) is 8.93. The molecule has 1 aromatic carbocycles. The van der Waals surface area contributed by atoms with E-state index in [-0.39, 0.29) is 0 Å². The minimum Gasteiger partial charge on any atom is -0.361 e. The maximum atomic E-state index is 12.2. The molecule has 2 nitrogen and oxygen atoms in total. The number of hydrogen-bond donors (Lipinski definition) is 1. The smallest absolute Gasteiger partial charge is 0.160 e. The first-order valence-corrected chi connectivity index (χ1v) is 8.87. The van der Waals surface area contributed by atoms with Crippen molar-refractivity contribution in [3.05, 3.63) is 40.0 Å². The Labute approximate surface area is 142 Å². The van der Waals surface area contributed by atoms with Gasteiger partial charge in [-0.15, -0.1) is 0 Å². The number of rotatable bonds is 4. The zero-order valence-corrected chi connectivity index (χ0v) is 15.6. The standard InChI is InChI=1S/C19H26BrNO/c1-5-19(3,4)15-6-9-18(22)14(11-15)12-21-16-7-8-17(20)13(2)10-16/h7-8,10,12,15,21H,5-6,9,11H2,1-4H3/b14-12+/t15-/m0/s1. The molecular formula is C19H26BrNO. The number of benzene rings is 1. The normalized spacial score (nSPS) is 21.2. The fourth-order valence-electron chi connectivity index (χ4n) is 2.95. The molecular weight excluding hydrogens is 338 g/mol. The summed E-state index contributed by atoms with van der Waals surface area (Å²) >= 11 is 3.51. The molecule has 0 saturated heterocycles. The number of carbonyl (C=O) groups is 1. The predicted molar refractivity (Wildman–Crippen MR) is 97.0 cm³/mol. The molecule has 0 unspecified atom stereocenters. The van der Waals surface area contributed by atoms with Crippen LogP contribution in [0.15, 0.2) is 34.4 Å². The Balaban J connectivity index is 2.11. The summed E-state index contributed by atoms with van der Waals surface area (Å²) < 4.78 is 1.10. The Morgan fingerprint density at radius 2 is 2.14 bits per heavy atom. The Hall–Kier alpha value is -1.09. The molecule has 0 heterocycles. The summed E-state index contributed by atoms with van der Waals surface area (Å²) in [6, 6.07) is 6.14. The fourth-order valence-corrected chi connectivity index (χ4v) is 3.19. The first-order valence-electron chi connectivity index (χ1n) is 8.08. The Morgan fingerprint density at radius 1 is 1.41 bits per heavy atom. The lowest BCUT2D eigenvalue weighted by Crippen LogP contribution is -2.29.